The molecule has 0 radical (unpaired) electrons. The van der Waals surface area contributed by atoms with E-state index >= 15 is 0 Å². The lowest BCUT2D eigenvalue weighted by molar-refractivity contribution is -0.134. The zero-order valence-electron chi connectivity index (χ0n) is 20.1. The fourth-order valence-corrected chi connectivity index (χ4v) is 4.24. The molecule has 0 bridgehead atoms. The van der Waals surface area contributed by atoms with Crippen LogP contribution in [0.1, 0.15) is 76.0 Å². The molecule has 2 N–H and O–H groups in total. The highest BCUT2D eigenvalue weighted by molar-refractivity contribution is 5.96. The number of hydrogen-bond donors (Lipinski definition) is 2. The number of rotatable bonds is 8. The van der Waals surface area contributed by atoms with Crippen molar-refractivity contribution in [2.45, 2.75) is 71.6 Å². The highest BCUT2D eigenvalue weighted by atomic mass is 16.5. The Labute approximate surface area is 196 Å². The van der Waals surface area contributed by atoms with Gasteiger partial charge in [-0.25, -0.2) is 4.79 Å². The van der Waals surface area contributed by atoms with E-state index in [9.17, 15) is 14.7 Å². The summed E-state index contributed by atoms with van der Waals surface area (Å²) < 4.78 is 6.14. The van der Waals surface area contributed by atoms with Gasteiger partial charge in [0, 0.05) is 12.0 Å². The molecule has 1 aliphatic carbocycles. The number of aryl methyl sites for hydroxylation is 1. The summed E-state index contributed by atoms with van der Waals surface area (Å²) in [6.45, 7) is 8.52. The second-order valence-corrected chi connectivity index (χ2v) is 10.0. The minimum absolute atomic E-state index is 0.0591. The quantitative estimate of drug-likeness (QED) is 0.445. The van der Waals surface area contributed by atoms with Crippen molar-refractivity contribution in [2.75, 3.05) is 0 Å². The van der Waals surface area contributed by atoms with Gasteiger partial charge in [-0.05, 0) is 54.5 Å². The first-order chi connectivity index (χ1) is 15.6. The van der Waals surface area contributed by atoms with Gasteiger partial charge in [-0.2, -0.15) is 0 Å². The van der Waals surface area contributed by atoms with E-state index in [1.165, 1.54) is 37.3 Å². The Bertz CT molecular complexity index is 1010. The molecular weight excluding hydrogens is 414 g/mol. The second kappa shape index (κ2) is 10.7. The van der Waals surface area contributed by atoms with Crippen LogP contribution in [0.3, 0.4) is 0 Å². The van der Waals surface area contributed by atoms with Crippen molar-refractivity contribution in [3.05, 3.63) is 64.9 Å². The maximum Gasteiger partial charge on any atom is 0.352 e. The van der Waals surface area contributed by atoms with Crippen LogP contribution in [0.5, 0.6) is 11.5 Å². The first-order valence-electron chi connectivity index (χ1n) is 11.8. The van der Waals surface area contributed by atoms with E-state index in [4.69, 9.17) is 4.74 Å². The molecular formula is C28H35NO4. The van der Waals surface area contributed by atoms with E-state index in [1.807, 2.05) is 12.1 Å². The average molecular weight is 450 g/mol. The summed E-state index contributed by atoms with van der Waals surface area (Å²) in [4.78, 5) is 23.9. The number of carbonyl (C=O) groups excluding carboxylic acids is 1. The minimum atomic E-state index is -1.15. The highest BCUT2D eigenvalue weighted by Crippen LogP contribution is 2.35. The number of ether oxygens (including phenoxy) is 1. The lowest BCUT2D eigenvalue weighted by Crippen LogP contribution is -2.27. The van der Waals surface area contributed by atoms with Crippen molar-refractivity contribution in [3.8, 4) is 11.5 Å². The van der Waals surface area contributed by atoms with Gasteiger partial charge in [-0.1, -0.05) is 76.3 Å². The molecule has 33 heavy (non-hydrogen) atoms. The molecule has 1 fully saturated rings. The molecule has 0 heterocycles. The van der Waals surface area contributed by atoms with E-state index in [-0.39, 0.29) is 17.0 Å². The summed E-state index contributed by atoms with van der Waals surface area (Å²) in [7, 11) is 0. The Hall–Kier alpha value is -3.08. The largest absolute Gasteiger partial charge is 0.477 e. The Morgan fingerprint density at radius 1 is 1.09 bits per heavy atom. The molecule has 5 nitrogen and oxygen atoms in total. The molecule has 5 heteroatoms. The van der Waals surface area contributed by atoms with Crippen LogP contribution in [0.15, 0.2) is 48.2 Å². The van der Waals surface area contributed by atoms with Crippen molar-refractivity contribution in [1.29, 1.82) is 0 Å². The Morgan fingerprint density at radius 2 is 1.76 bits per heavy atom. The van der Waals surface area contributed by atoms with Crippen molar-refractivity contribution in [2.24, 2.45) is 5.92 Å². The molecule has 1 aliphatic rings. The van der Waals surface area contributed by atoms with Crippen LogP contribution < -0.4 is 10.1 Å². The Kier molecular flexibility index (Phi) is 7.96. The smallest absolute Gasteiger partial charge is 0.352 e. The number of carboxylic acid groups (broad SMARTS) is 1. The summed E-state index contributed by atoms with van der Waals surface area (Å²) >= 11 is 0. The third-order valence-electron chi connectivity index (χ3n) is 6.12. The molecule has 0 spiro atoms. The predicted molar refractivity (Wildman–Crippen MR) is 131 cm³/mol. The molecule has 1 amide bonds. The average Bonchev–Trinajstić information content (AvgIpc) is 3.27. The monoisotopic (exact) mass is 449 g/mol. The molecule has 176 valence electrons. The lowest BCUT2D eigenvalue weighted by Gasteiger charge is -2.23. The van der Waals surface area contributed by atoms with Crippen LogP contribution in [-0.4, -0.2) is 17.0 Å². The van der Waals surface area contributed by atoms with E-state index in [2.05, 4.69) is 39.1 Å². The van der Waals surface area contributed by atoms with E-state index in [0.29, 0.717) is 23.7 Å². The van der Waals surface area contributed by atoms with Gasteiger partial charge in [0.2, 0.25) is 5.91 Å². The third kappa shape index (κ3) is 7.21. The number of hydrogen-bond acceptors (Lipinski definition) is 3. The number of benzene rings is 2. The SMILES string of the molecule is Cc1ccc(Oc2ccc(/C=C(\NC(=O)CCC3CCCC3)C(=O)O)cc2)c(C(C)(C)C)c1. The van der Waals surface area contributed by atoms with Gasteiger partial charge >= 0.3 is 5.97 Å². The van der Waals surface area contributed by atoms with Crippen LogP contribution in [-0.2, 0) is 15.0 Å². The van der Waals surface area contributed by atoms with Gasteiger partial charge in [-0.15, -0.1) is 0 Å². The summed E-state index contributed by atoms with van der Waals surface area (Å²) in [5, 5.41) is 12.1. The van der Waals surface area contributed by atoms with Gasteiger partial charge in [0.05, 0.1) is 0 Å². The minimum Gasteiger partial charge on any atom is -0.477 e. The summed E-state index contributed by atoms with van der Waals surface area (Å²) in [5.74, 6) is 0.660. The normalized spacial score (nSPS) is 14.8. The maximum atomic E-state index is 12.3. The molecule has 2 aromatic rings. The predicted octanol–water partition coefficient (Wildman–Crippen LogP) is 6.60. The fraction of sp³-hybridized carbons (Fsp3) is 0.429. The van der Waals surface area contributed by atoms with Crippen molar-refractivity contribution < 1.29 is 19.4 Å². The molecule has 2 aromatic carbocycles. The number of amides is 1. The number of aliphatic carboxylic acids is 1. The first-order valence-corrected chi connectivity index (χ1v) is 11.8. The van der Waals surface area contributed by atoms with Crippen LogP contribution in [0.4, 0.5) is 0 Å². The van der Waals surface area contributed by atoms with Gasteiger partial charge in [0.1, 0.15) is 17.2 Å². The zero-order chi connectivity index (χ0) is 24.0. The molecule has 0 aromatic heterocycles. The standard InChI is InChI=1S/C28H35NO4/c1-19-9-15-25(23(17-19)28(2,3)4)33-22-13-10-21(11-14-22)18-24(27(31)32)29-26(30)16-12-20-7-5-6-8-20/h9-11,13-15,17-18,20H,5-8,12,16H2,1-4H3,(H,29,30)(H,31,32)/b24-18-. The Morgan fingerprint density at radius 3 is 2.36 bits per heavy atom. The molecule has 1 saturated carbocycles. The summed E-state index contributed by atoms with van der Waals surface area (Å²) in [6.07, 6.45) is 7.45. The van der Waals surface area contributed by atoms with Gasteiger partial charge in [0.25, 0.3) is 0 Å². The van der Waals surface area contributed by atoms with Crippen molar-refractivity contribution in [3.63, 3.8) is 0 Å². The number of carbonyl (C=O) groups is 2. The number of carboxylic acids is 1. The highest BCUT2D eigenvalue weighted by Gasteiger charge is 2.20. The van der Waals surface area contributed by atoms with Gasteiger partial charge in [0.15, 0.2) is 0 Å². The van der Waals surface area contributed by atoms with Crippen LogP contribution in [0, 0.1) is 12.8 Å². The lowest BCUT2D eigenvalue weighted by atomic mass is 9.85. The summed E-state index contributed by atoms with van der Waals surface area (Å²) in [5.41, 5.74) is 2.81. The van der Waals surface area contributed by atoms with E-state index in [0.717, 1.165) is 17.7 Å². The van der Waals surface area contributed by atoms with Crippen LogP contribution in [0.2, 0.25) is 0 Å². The summed E-state index contributed by atoms with van der Waals surface area (Å²) in [6, 6.07) is 13.3. The Balaban J connectivity index is 1.67. The van der Waals surface area contributed by atoms with Crippen molar-refractivity contribution >= 4 is 18.0 Å². The molecule has 3 rings (SSSR count). The maximum absolute atomic E-state index is 12.3. The third-order valence-corrected chi connectivity index (χ3v) is 6.12. The fourth-order valence-electron chi connectivity index (χ4n) is 4.24. The van der Waals surface area contributed by atoms with E-state index < -0.39 is 5.97 Å². The first kappa shape index (κ1) is 24.6. The van der Waals surface area contributed by atoms with Gasteiger partial charge in [-0.3, -0.25) is 4.79 Å². The molecule has 0 aliphatic heterocycles. The van der Waals surface area contributed by atoms with Crippen LogP contribution in [0.25, 0.3) is 6.08 Å². The van der Waals surface area contributed by atoms with Gasteiger partial charge < -0.3 is 15.2 Å². The molecule has 0 unspecified atom stereocenters. The molecule has 0 atom stereocenters. The van der Waals surface area contributed by atoms with Crippen molar-refractivity contribution in [1.82, 2.24) is 5.32 Å². The second-order valence-electron chi connectivity index (χ2n) is 10.0. The zero-order valence-corrected chi connectivity index (χ0v) is 20.1. The number of nitrogens with one attached hydrogen (secondary N) is 1. The molecule has 0 saturated heterocycles. The van der Waals surface area contributed by atoms with Crippen LogP contribution >= 0.6 is 0 Å². The van der Waals surface area contributed by atoms with E-state index in [1.54, 1.807) is 24.3 Å². The topological polar surface area (TPSA) is 75.6 Å².